The van der Waals surface area contributed by atoms with Crippen LogP contribution in [0, 0.1) is 3.57 Å². The van der Waals surface area contributed by atoms with Crippen molar-refractivity contribution in [3.63, 3.8) is 0 Å². The monoisotopic (exact) mass is 290 g/mol. The third-order valence-corrected chi connectivity index (χ3v) is 2.50. The van der Waals surface area contributed by atoms with Gasteiger partial charge >= 0.3 is 5.97 Å². The molecule has 0 saturated heterocycles. The number of aromatic carboxylic acids is 1. The Bertz CT molecular complexity index is 371. The highest BCUT2D eigenvalue weighted by Crippen LogP contribution is 2.17. The lowest BCUT2D eigenvalue weighted by atomic mass is 10.1. The molecule has 1 aromatic rings. The summed E-state index contributed by atoms with van der Waals surface area (Å²) < 4.78 is 0.671. The molecule has 0 fully saturated rings. The van der Waals surface area contributed by atoms with E-state index >= 15 is 0 Å². The third kappa shape index (κ3) is 2.06. The maximum Gasteiger partial charge on any atom is 0.336 e. The number of halogens is 1. The van der Waals surface area contributed by atoms with Crippen molar-refractivity contribution in [3.8, 4) is 0 Å². The average molecular weight is 290 g/mol. The first-order valence-corrected chi connectivity index (χ1v) is 4.64. The molecule has 0 amide bonds. The summed E-state index contributed by atoms with van der Waals surface area (Å²) in [6.07, 6.45) is 0. The van der Waals surface area contributed by atoms with E-state index in [1.165, 1.54) is 13.0 Å². The average Bonchev–Trinajstić information content (AvgIpc) is 2.02. The normalized spacial score (nSPS) is 9.69. The van der Waals surface area contributed by atoms with Crippen molar-refractivity contribution >= 4 is 34.3 Å². The fourth-order valence-electron chi connectivity index (χ4n) is 1.06. The summed E-state index contributed by atoms with van der Waals surface area (Å²) in [5.74, 6) is -1.29. The first-order valence-electron chi connectivity index (χ1n) is 3.56. The molecule has 0 radical (unpaired) electrons. The number of carbonyl (C=O) groups is 2. The molecule has 0 aliphatic rings. The Balaban J connectivity index is 3.43. The summed E-state index contributed by atoms with van der Waals surface area (Å²) in [6, 6.07) is 4.77. The zero-order valence-corrected chi connectivity index (χ0v) is 9.03. The second-order valence-corrected chi connectivity index (χ2v) is 3.69. The van der Waals surface area contributed by atoms with Gasteiger partial charge in [-0.05, 0) is 41.6 Å². The number of rotatable bonds is 2. The first kappa shape index (κ1) is 10.2. The Morgan fingerprint density at radius 1 is 1.38 bits per heavy atom. The molecule has 0 unspecified atom stereocenters. The van der Waals surface area contributed by atoms with Crippen molar-refractivity contribution < 1.29 is 14.7 Å². The standard InChI is InChI=1S/C9H7IO3/c1-5(11)8-6(9(12)13)3-2-4-7(8)10/h2-4H,1H3,(H,12,13). The van der Waals surface area contributed by atoms with E-state index in [0.29, 0.717) is 3.57 Å². The fraction of sp³-hybridized carbons (Fsp3) is 0.111. The molecule has 0 aromatic heterocycles. The zero-order chi connectivity index (χ0) is 10.0. The Kier molecular flexibility index (Phi) is 3.02. The van der Waals surface area contributed by atoms with Gasteiger partial charge in [-0.25, -0.2) is 4.79 Å². The minimum atomic E-state index is -1.07. The number of carbonyl (C=O) groups excluding carboxylic acids is 1. The van der Waals surface area contributed by atoms with Gasteiger partial charge < -0.3 is 5.11 Å². The molecular formula is C9H7IO3. The molecule has 0 atom stereocenters. The van der Waals surface area contributed by atoms with E-state index in [1.807, 2.05) is 22.6 Å². The molecule has 0 heterocycles. The van der Waals surface area contributed by atoms with Crippen molar-refractivity contribution in [2.45, 2.75) is 6.92 Å². The van der Waals surface area contributed by atoms with Crippen LogP contribution in [-0.2, 0) is 0 Å². The number of hydrogen-bond acceptors (Lipinski definition) is 2. The maximum atomic E-state index is 11.1. The van der Waals surface area contributed by atoms with E-state index in [4.69, 9.17) is 5.11 Å². The molecule has 1 rings (SSSR count). The fourth-order valence-corrected chi connectivity index (χ4v) is 1.94. The largest absolute Gasteiger partial charge is 0.478 e. The third-order valence-electron chi connectivity index (χ3n) is 1.60. The molecule has 0 saturated carbocycles. The van der Waals surface area contributed by atoms with Gasteiger partial charge in [-0.1, -0.05) is 6.07 Å². The van der Waals surface area contributed by atoms with Crippen LogP contribution in [0.2, 0.25) is 0 Å². The van der Waals surface area contributed by atoms with Crippen molar-refractivity contribution in [1.82, 2.24) is 0 Å². The van der Waals surface area contributed by atoms with Crippen LogP contribution in [0.15, 0.2) is 18.2 Å². The number of Topliss-reactive ketones (excluding diaryl/α,β-unsaturated/α-hetero) is 1. The van der Waals surface area contributed by atoms with E-state index in [-0.39, 0.29) is 16.9 Å². The molecule has 0 bridgehead atoms. The molecule has 3 nitrogen and oxygen atoms in total. The summed E-state index contributed by atoms with van der Waals surface area (Å²) in [5.41, 5.74) is 0.356. The van der Waals surface area contributed by atoms with Gasteiger partial charge in [0.25, 0.3) is 0 Å². The molecule has 4 heteroatoms. The Labute approximate surface area is 88.9 Å². The lowest BCUT2D eigenvalue weighted by Gasteiger charge is -2.03. The predicted molar refractivity (Wildman–Crippen MR) is 56.1 cm³/mol. The lowest BCUT2D eigenvalue weighted by molar-refractivity contribution is 0.0692. The number of hydrogen-bond donors (Lipinski definition) is 1. The Morgan fingerprint density at radius 3 is 2.38 bits per heavy atom. The van der Waals surface area contributed by atoms with E-state index in [9.17, 15) is 9.59 Å². The molecule has 1 N–H and O–H groups in total. The van der Waals surface area contributed by atoms with Gasteiger partial charge in [0.15, 0.2) is 5.78 Å². The van der Waals surface area contributed by atoms with Gasteiger partial charge in [-0.15, -0.1) is 0 Å². The van der Waals surface area contributed by atoms with Crippen LogP contribution in [0.3, 0.4) is 0 Å². The SMILES string of the molecule is CC(=O)c1c(I)cccc1C(=O)O. The molecule has 68 valence electrons. The highest BCUT2D eigenvalue weighted by Gasteiger charge is 2.15. The second-order valence-electron chi connectivity index (χ2n) is 2.52. The van der Waals surface area contributed by atoms with Gasteiger partial charge in [-0.3, -0.25) is 4.79 Å². The Hall–Kier alpha value is -0.910. The van der Waals surface area contributed by atoms with E-state index in [2.05, 4.69) is 0 Å². The van der Waals surface area contributed by atoms with Crippen LogP contribution in [0.5, 0.6) is 0 Å². The van der Waals surface area contributed by atoms with E-state index in [0.717, 1.165) is 0 Å². The van der Waals surface area contributed by atoms with E-state index in [1.54, 1.807) is 12.1 Å². The summed E-state index contributed by atoms with van der Waals surface area (Å²) in [4.78, 5) is 21.8. The van der Waals surface area contributed by atoms with Gasteiger partial charge in [0.1, 0.15) is 0 Å². The smallest absolute Gasteiger partial charge is 0.336 e. The maximum absolute atomic E-state index is 11.1. The topological polar surface area (TPSA) is 54.4 Å². The van der Waals surface area contributed by atoms with Crippen LogP contribution >= 0.6 is 22.6 Å². The highest BCUT2D eigenvalue weighted by molar-refractivity contribution is 14.1. The quantitative estimate of drug-likeness (QED) is 0.671. The predicted octanol–water partition coefficient (Wildman–Crippen LogP) is 2.19. The first-order chi connectivity index (χ1) is 6.04. The minimum absolute atomic E-state index is 0.0689. The molecule has 1 aromatic carbocycles. The Morgan fingerprint density at radius 2 is 2.00 bits per heavy atom. The van der Waals surface area contributed by atoms with Crippen LogP contribution < -0.4 is 0 Å². The highest BCUT2D eigenvalue weighted by atomic mass is 127. The minimum Gasteiger partial charge on any atom is -0.478 e. The summed E-state index contributed by atoms with van der Waals surface area (Å²) in [6.45, 7) is 1.37. The summed E-state index contributed by atoms with van der Waals surface area (Å²) >= 11 is 1.95. The van der Waals surface area contributed by atoms with E-state index < -0.39 is 5.97 Å². The zero-order valence-electron chi connectivity index (χ0n) is 6.87. The van der Waals surface area contributed by atoms with Crippen molar-refractivity contribution in [1.29, 1.82) is 0 Å². The van der Waals surface area contributed by atoms with Crippen LogP contribution in [0.1, 0.15) is 27.6 Å². The molecule has 13 heavy (non-hydrogen) atoms. The van der Waals surface area contributed by atoms with Gasteiger partial charge in [-0.2, -0.15) is 0 Å². The molecular weight excluding hydrogens is 283 g/mol. The number of carboxylic acids is 1. The van der Waals surface area contributed by atoms with Crippen molar-refractivity contribution in [2.24, 2.45) is 0 Å². The van der Waals surface area contributed by atoms with Crippen LogP contribution in [0.4, 0.5) is 0 Å². The van der Waals surface area contributed by atoms with Gasteiger partial charge in [0, 0.05) is 9.13 Å². The summed E-state index contributed by atoms with van der Waals surface area (Å²) in [7, 11) is 0. The van der Waals surface area contributed by atoms with Crippen LogP contribution in [-0.4, -0.2) is 16.9 Å². The molecule has 0 spiro atoms. The van der Waals surface area contributed by atoms with Gasteiger partial charge in [0.05, 0.1) is 5.56 Å². The van der Waals surface area contributed by atoms with Gasteiger partial charge in [0.2, 0.25) is 0 Å². The molecule has 0 aliphatic carbocycles. The lowest BCUT2D eigenvalue weighted by Crippen LogP contribution is -2.07. The number of ketones is 1. The molecule has 0 aliphatic heterocycles. The second kappa shape index (κ2) is 3.87. The van der Waals surface area contributed by atoms with Crippen molar-refractivity contribution in [3.05, 3.63) is 32.9 Å². The number of carboxylic acid groups (broad SMARTS) is 1. The summed E-state index contributed by atoms with van der Waals surface area (Å²) in [5, 5.41) is 8.78. The van der Waals surface area contributed by atoms with Crippen molar-refractivity contribution in [2.75, 3.05) is 0 Å². The number of benzene rings is 1. The van der Waals surface area contributed by atoms with Crippen LogP contribution in [0.25, 0.3) is 0 Å².